The highest BCUT2D eigenvalue weighted by Gasteiger charge is 2.31. The lowest BCUT2D eigenvalue weighted by molar-refractivity contribution is -0.142. The Morgan fingerprint density at radius 1 is 1.24 bits per heavy atom. The van der Waals surface area contributed by atoms with E-state index in [-0.39, 0.29) is 0 Å². The third kappa shape index (κ3) is 5.73. The number of hydrogen-bond acceptors (Lipinski definition) is 4. The van der Waals surface area contributed by atoms with Crippen molar-refractivity contribution in [2.75, 3.05) is 0 Å². The number of nitrogens with one attached hydrogen (secondary N) is 1. The minimum absolute atomic E-state index is 0.377. The number of carbonyl (C=O) groups excluding carboxylic acids is 1. The van der Waals surface area contributed by atoms with Crippen molar-refractivity contribution in [3.8, 4) is 0 Å². The molecule has 0 fully saturated rings. The second-order valence-corrected chi connectivity index (χ2v) is 6.37. The maximum Gasteiger partial charge on any atom is 0.408 e. The summed E-state index contributed by atoms with van der Waals surface area (Å²) >= 11 is 3.25. The van der Waals surface area contributed by atoms with E-state index < -0.39 is 29.8 Å². The molecule has 3 N–H and O–H groups in total. The lowest BCUT2D eigenvalue weighted by Crippen LogP contribution is -2.46. The first-order valence-electron chi connectivity index (χ1n) is 6.26. The topological polar surface area (TPSA) is 95.9 Å². The molecule has 0 heterocycles. The van der Waals surface area contributed by atoms with Gasteiger partial charge in [-0.25, -0.2) is 9.59 Å². The molecule has 0 spiro atoms. The number of aliphatic hydroxyl groups excluding tert-OH is 1. The van der Waals surface area contributed by atoms with Crippen LogP contribution in [0.3, 0.4) is 0 Å². The first-order valence-corrected chi connectivity index (χ1v) is 7.05. The van der Waals surface area contributed by atoms with E-state index in [0.717, 1.165) is 4.47 Å². The van der Waals surface area contributed by atoms with E-state index in [0.29, 0.717) is 5.56 Å². The molecule has 0 bridgehead atoms. The van der Waals surface area contributed by atoms with Gasteiger partial charge in [-0.1, -0.05) is 28.1 Å². The standard InChI is InChI=1S/C14H18BrNO5/c1-14(2,3)21-13(20)16-10(12(18)19)11(17)8-4-6-9(15)7-5-8/h4-7,10-11,17H,1-3H3,(H,16,20)(H,18,19)/t10-,11-/m0/s1. The van der Waals surface area contributed by atoms with Gasteiger partial charge in [0.1, 0.15) is 11.7 Å². The molecular formula is C14H18BrNO5. The molecule has 2 atom stereocenters. The number of carboxylic acids is 1. The molecule has 0 aliphatic carbocycles. The molecule has 1 amide bonds. The number of amides is 1. The molecule has 21 heavy (non-hydrogen) atoms. The highest BCUT2D eigenvalue weighted by atomic mass is 79.9. The summed E-state index contributed by atoms with van der Waals surface area (Å²) in [5, 5.41) is 21.5. The maximum absolute atomic E-state index is 11.6. The van der Waals surface area contributed by atoms with E-state index in [9.17, 15) is 14.7 Å². The third-order valence-electron chi connectivity index (χ3n) is 2.47. The smallest absolute Gasteiger partial charge is 0.408 e. The summed E-state index contributed by atoms with van der Waals surface area (Å²) in [7, 11) is 0. The molecule has 6 nitrogen and oxygen atoms in total. The Morgan fingerprint density at radius 2 is 1.76 bits per heavy atom. The minimum atomic E-state index is -1.50. The first kappa shape index (κ1) is 17.5. The van der Waals surface area contributed by atoms with Crippen molar-refractivity contribution in [2.24, 2.45) is 0 Å². The van der Waals surface area contributed by atoms with Crippen molar-refractivity contribution < 1.29 is 24.5 Å². The van der Waals surface area contributed by atoms with Crippen LogP contribution in [-0.2, 0) is 9.53 Å². The first-order chi connectivity index (χ1) is 9.60. The van der Waals surface area contributed by atoms with Crippen LogP contribution in [0.25, 0.3) is 0 Å². The van der Waals surface area contributed by atoms with Crippen LogP contribution in [0.2, 0.25) is 0 Å². The van der Waals surface area contributed by atoms with Gasteiger partial charge in [-0.2, -0.15) is 0 Å². The molecule has 0 unspecified atom stereocenters. The van der Waals surface area contributed by atoms with Gasteiger partial charge in [-0.15, -0.1) is 0 Å². The Kier molecular flexibility index (Phi) is 5.74. The number of ether oxygens (including phenoxy) is 1. The molecule has 1 aromatic rings. The number of benzene rings is 1. The summed E-state index contributed by atoms with van der Waals surface area (Å²) in [5.41, 5.74) is -0.378. The predicted octanol–water partition coefficient (Wildman–Crippen LogP) is 2.46. The van der Waals surface area contributed by atoms with Crippen molar-refractivity contribution in [1.29, 1.82) is 0 Å². The van der Waals surface area contributed by atoms with Gasteiger partial charge >= 0.3 is 12.1 Å². The molecular weight excluding hydrogens is 342 g/mol. The Morgan fingerprint density at radius 3 is 2.19 bits per heavy atom. The quantitative estimate of drug-likeness (QED) is 0.767. The fourth-order valence-electron chi connectivity index (χ4n) is 1.56. The number of carboxylic acid groups (broad SMARTS) is 1. The van der Waals surface area contributed by atoms with E-state index in [1.165, 1.54) is 0 Å². The zero-order valence-corrected chi connectivity index (χ0v) is 13.5. The minimum Gasteiger partial charge on any atom is -0.480 e. The maximum atomic E-state index is 11.6. The largest absolute Gasteiger partial charge is 0.480 e. The lowest BCUT2D eigenvalue weighted by atomic mass is 10.0. The SMILES string of the molecule is CC(C)(C)OC(=O)N[C@H](C(=O)O)[C@@H](O)c1ccc(Br)cc1. The summed E-state index contributed by atoms with van der Waals surface area (Å²) in [6, 6.07) is 4.99. The molecule has 1 rings (SSSR count). The highest BCUT2D eigenvalue weighted by molar-refractivity contribution is 9.10. The Balaban J connectivity index is 2.84. The molecule has 0 saturated heterocycles. The zero-order valence-electron chi connectivity index (χ0n) is 12.0. The number of carbonyl (C=O) groups is 2. The van der Waals surface area contributed by atoms with Crippen LogP contribution in [0.5, 0.6) is 0 Å². The van der Waals surface area contributed by atoms with E-state index in [4.69, 9.17) is 9.84 Å². The van der Waals surface area contributed by atoms with E-state index in [2.05, 4.69) is 21.2 Å². The summed E-state index contributed by atoms with van der Waals surface area (Å²) in [5.74, 6) is -1.35. The zero-order chi connectivity index (χ0) is 16.2. The summed E-state index contributed by atoms with van der Waals surface area (Å²) in [6.45, 7) is 4.98. The van der Waals surface area contributed by atoms with Crippen molar-refractivity contribution in [2.45, 2.75) is 38.5 Å². The molecule has 0 aliphatic heterocycles. The molecule has 1 aromatic carbocycles. The molecule has 0 radical (unpaired) electrons. The van der Waals surface area contributed by atoms with Gasteiger partial charge in [0.2, 0.25) is 0 Å². The van der Waals surface area contributed by atoms with Crippen LogP contribution in [0.15, 0.2) is 28.7 Å². The van der Waals surface area contributed by atoms with Crippen molar-refractivity contribution in [3.63, 3.8) is 0 Å². The van der Waals surface area contributed by atoms with Gasteiger partial charge in [0, 0.05) is 4.47 Å². The van der Waals surface area contributed by atoms with Crippen LogP contribution in [-0.4, -0.2) is 33.9 Å². The number of aliphatic hydroxyl groups is 1. The Hall–Kier alpha value is -1.60. The monoisotopic (exact) mass is 359 g/mol. The average molecular weight is 360 g/mol. The second-order valence-electron chi connectivity index (χ2n) is 5.46. The average Bonchev–Trinajstić information content (AvgIpc) is 2.33. The number of hydrogen-bond donors (Lipinski definition) is 3. The normalized spacial score (nSPS) is 14.1. The van der Waals surface area contributed by atoms with Gasteiger partial charge in [-0.05, 0) is 38.5 Å². The number of halogens is 1. The molecule has 116 valence electrons. The van der Waals surface area contributed by atoms with Gasteiger partial charge in [-0.3, -0.25) is 0 Å². The highest BCUT2D eigenvalue weighted by Crippen LogP contribution is 2.20. The van der Waals surface area contributed by atoms with Crippen molar-refractivity contribution in [1.82, 2.24) is 5.32 Å². The summed E-state index contributed by atoms with van der Waals surface area (Å²) in [4.78, 5) is 22.9. The van der Waals surface area contributed by atoms with Gasteiger partial charge in [0.25, 0.3) is 0 Å². The molecule has 7 heteroatoms. The Bertz CT molecular complexity index is 509. The van der Waals surface area contributed by atoms with Gasteiger partial charge in [0.05, 0.1) is 0 Å². The van der Waals surface area contributed by atoms with Crippen LogP contribution in [0.1, 0.15) is 32.4 Å². The van der Waals surface area contributed by atoms with Crippen molar-refractivity contribution >= 4 is 28.0 Å². The van der Waals surface area contributed by atoms with Crippen LogP contribution >= 0.6 is 15.9 Å². The second kappa shape index (κ2) is 6.91. The lowest BCUT2D eigenvalue weighted by Gasteiger charge is -2.24. The van der Waals surface area contributed by atoms with Gasteiger partial charge in [0.15, 0.2) is 6.04 Å². The molecule has 0 aromatic heterocycles. The fourth-order valence-corrected chi connectivity index (χ4v) is 1.83. The van der Waals surface area contributed by atoms with Crippen molar-refractivity contribution in [3.05, 3.63) is 34.3 Å². The van der Waals surface area contributed by atoms with E-state index >= 15 is 0 Å². The Labute approximate surface area is 131 Å². The van der Waals surface area contributed by atoms with Crippen LogP contribution in [0.4, 0.5) is 4.79 Å². The fraction of sp³-hybridized carbons (Fsp3) is 0.429. The molecule has 0 aliphatic rings. The van der Waals surface area contributed by atoms with Crippen LogP contribution in [0, 0.1) is 0 Å². The predicted molar refractivity (Wildman–Crippen MR) is 79.9 cm³/mol. The number of aliphatic carboxylic acids is 1. The van der Waals surface area contributed by atoms with E-state index in [1.807, 2.05) is 0 Å². The third-order valence-corrected chi connectivity index (χ3v) is 2.99. The van der Waals surface area contributed by atoms with Gasteiger partial charge < -0.3 is 20.3 Å². The number of alkyl carbamates (subject to hydrolysis) is 1. The van der Waals surface area contributed by atoms with E-state index in [1.54, 1.807) is 45.0 Å². The summed E-state index contributed by atoms with van der Waals surface area (Å²) < 4.78 is 5.79. The van der Waals surface area contributed by atoms with Crippen LogP contribution < -0.4 is 5.32 Å². The number of rotatable bonds is 4. The summed E-state index contributed by atoms with van der Waals surface area (Å²) in [6.07, 6.45) is -2.28. The molecule has 0 saturated carbocycles.